The number of aldehydes is 1. The van der Waals surface area contributed by atoms with Gasteiger partial charge in [-0.2, -0.15) is 0 Å². The maximum Gasteiger partial charge on any atom is 0.150 e. The lowest BCUT2D eigenvalue weighted by molar-refractivity contribution is -0.104. The molecule has 0 spiro atoms. The predicted molar refractivity (Wildman–Crippen MR) is 97.8 cm³/mol. The van der Waals surface area contributed by atoms with Crippen molar-refractivity contribution in [2.45, 2.75) is 13.8 Å². The first kappa shape index (κ1) is 17.5. The summed E-state index contributed by atoms with van der Waals surface area (Å²) in [6, 6.07) is 14.3. The molecule has 0 atom stereocenters. The lowest BCUT2D eigenvalue weighted by Gasteiger charge is -2.06. The second kappa shape index (κ2) is 8.16. The highest BCUT2D eigenvalue weighted by Gasteiger charge is 2.06. The lowest BCUT2D eigenvalue weighted by Crippen LogP contribution is -2.00. The molecule has 0 saturated carbocycles. The standard InChI is InChI=1S/C21H20FNO/c1-15-9-10-20(22)12-18(15)11-16(2)19(14-24)13-21(23-3)17-7-5-4-6-8-17/h4-14H,1-3H3/b16-11+,19-13+,23-21?. The summed E-state index contributed by atoms with van der Waals surface area (Å²) >= 11 is 0. The van der Waals surface area contributed by atoms with Crippen LogP contribution in [0.1, 0.15) is 23.6 Å². The van der Waals surface area contributed by atoms with E-state index in [9.17, 15) is 9.18 Å². The second-order valence-electron chi connectivity index (χ2n) is 5.52. The van der Waals surface area contributed by atoms with Crippen LogP contribution in [0.15, 0.2) is 70.7 Å². The highest BCUT2D eigenvalue weighted by Crippen LogP contribution is 2.18. The van der Waals surface area contributed by atoms with Gasteiger partial charge in [0.1, 0.15) is 12.1 Å². The number of hydrogen-bond donors (Lipinski definition) is 0. The van der Waals surface area contributed by atoms with Crippen molar-refractivity contribution in [2.24, 2.45) is 4.99 Å². The van der Waals surface area contributed by atoms with Crippen LogP contribution in [0.2, 0.25) is 0 Å². The molecule has 0 aliphatic carbocycles. The lowest BCUT2D eigenvalue weighted by atomic mass is 9.99. The van der Waals surface area contributed by atoms with Crippen LogP contribution in [0.4, 0.5) is 4.39 Å². The van der Waals surface area contributed by atoms with Crippen molar-refractivity contribution >= 4 is 18.1 Å². The second-order valence-corrected chi connectivity index (χ2v) is 5.52. The molecule has 24 heavy (non-hydrogen) atoms. The van der Waals surface area contributed by atoms with Gasteiger partial charge in [-0.25, -0.2) is 4.39 Å². The van der Waals surface area contributed by atoms with Crippen molar-refractivity contribution in [3.63, 3.8) is 0 Å². The van der Waals surface area contributed by atoms with E-state index in [2.05, 4.69) is 4.99 Å². The van der Waals surface area contributed by atoms with Crippen LogP contribution in [0, 0.1) is 12.7 Å². The Morgan fingerprint density at radius 2 is 1.83 bits per heavy atom. The number of rotatable bonds is 5. The van der Waals surface area contributed by atoms with E-state index in [0.29, 0.717) is 5.57 Å². The third-order valence-electron chi connectivity index (χ3n) is 3.80. The highest BCUT2D eigenvalue weighted by molar-refractivity contribution is 6.11. The normalized spacial score (nSPS) is 13.1. The average molecular weight is 321 g/mol. The van der Waals surface area contributed by atoms with Gasteiger partial charge in [-0.3, -0.25) is 9.79 Å². The van der Waals surface area contributed by atoms with Crippen LogP contribution in [0.5, 0.6) is 0 Å². The van der Waals surface area contributed by atoms with Crippen molar-refractivity contribution in [1.82, 2.24) is 0 Å². The van der Waals surface area contributed by atoms with Gasteiger partial charge >= 0.3 is 0 Å². The highest BCUT2D eigenvalue weighted by atomic mass is 19.1. The number of aryl methyl sites for hydroxylation is 1. The van der Waals surface area contributed by atoms with E-state index in [1.165, 1.54) is 12.1 Å². The average Bonchev–Trinajstić information content (AvgIpc) is 2.60. The van der Waals surface area contributed by atoms with E-state index >= 15 is 0 Å². The number of benzene rings is 2. The fourth-order valence-electron chi connectivity index (χ4n) is 2.36. The Balaban J connectivity index is 2.41. The van der Waals surface area contributed by atoms with Crippen LogP contribution >= 0.6 is 0 Å². The van der Waals surface area contributed by atoms with Gasteiger partial charge in [0.15, 0.2) is 0 Å². The molecule has 2 aromatic carbocycles. The number of aliphatic imine (C=N–C) groups is 1. The zero-order valence-electron chi connectivity index (χ0n) is 14.1. The maximum atomic E-state index is 13.4. The van der Waals surface area contributed by atoms with Gasteiger partial charge in [0, 0.05) is 12.6 Å². The van der Waals surface area contributed by atoms with E-state index < -0.39 is 0 Å². The number of carbonyl (C=O) groups is 1. The van der Waals surface area contributed by atoms with Gasteiger partial charge in [0.25, 0.3) is 0 Å². The van der Waals surface area contributed by atoms with Crippen molar-refractivity contribution in [3.05, 3.63) is 88.3 Å². The summed E-state index contributed by atoms with van der Waals surface area (Å²) in [7, 11) is 1.69. The molecule has 0 aliphatic rings. The molecule has 0 heterocycles. The Kier molecular flexibility index (Phi) is 5.96. The molecule has 0 aliphatic heterocycles. The molecule has 0 aromatic heterocycles. The number of halogens is 1. The summed E-state index contributed by atoms with van der Waals surface area (Å²) < 4.78 is 13.4. The minimum absolute atomic E-state index is 0.295. The van der Waals surface area contributed by atoms with Gasteiger partial charge in [0.2, 0.25) is 0 Å². The third kappa shape index (κ3) is 4.35. The molecule has 0 N–H and O–H groups in total. The summed E-state index contributed by atoms with van der Waals surface area (Å²) in [5.74, 6) is -0.295. The topological polar surface area (TPSA) is 29.4 Å². The van der Waals surface area contributed by atoms with Crippen molar-refractivity contribution in [2.75, 3.05) is 7.05 Å². The van der Waals surface area contributed by atoms with Gasteiger partial charge in [-0.1, -0.05) is 42.5 Å². The molecule has 0 radical (unpaired) electrons. The Hall–Kier alpha value is -2.81. The summed E-state index contributed by atoms with van der Waals surface area (Å²) in [5, 5.41) is 0. The fraction of sp³-hybridized carbons (Fsp3) is 0.143. The molecule has 2 aromatic rings. The Bertz CT molecular complexity index is 817. The quantitative estimate of drug-likeness (QED) is 0.337. The molecule has 0 saturated heterocycles. The van der Waals surface area contributed by atoms with Crippen molar-refractivity contribution < 1.29 is 9.18 Å². The van der Waals surface area contributed by atoms with E-state index in [1.54, 1.807) is 19.2 Å². The largest absolute Gasteiger partial charge is 0.298 e. The predicted octanol–water partition coefficient (Wildman–Crippen LogP) is 4.78. The van der Waals surface area contributed by atoms with Crippen LogP contribution in [0.3, 0.4) is 0 Å². The minimum atomic E-state index is -0.295. The van der Waals surface area contributed by atoms with E-state index in [0.717, 1.165) is 34.3 Å². The minimum Gasteiger partial charge on any atom is -0.298 e. The number of hydrogen-bond acceptors (Lipinski definition) is 2. The monoisotopic (exact) mass is 321 g/mol. The molecule has 0 bridgehead atoms. The first-order valence-electron chi connectivity index (χ1n) is 7.69. The first-order valence-corrected chi connectivity index (χ1v) is 7.69. The van der Waals surface area contributed by atoms with Crippen LogP contribution in [0.25, 0.3) is 6.08 Å². The molecular formula is C21H20FNO. The van der Waals surface area contributed by atoms with Gasteiger partial charge < -0.3 is 0 Å². The molecule has 2 rings (SSSR count). The first-order chi connectivity index (χ1) is 11.5. The molecule has 3 heteroatoms. The Morgan fingerprint density at radius 3 is 2.46 bits per heavy atom. The molecule has 0 fully saturated rings. The zero-order valence-corrected chi connectivity index (χ0v) is 14.1. The number of allylic oxidation sites excluding steroid dienone is 3. The molecule has 0 unspecified atom stereocenters. The van der Waals surface area contributed by atoms with Gasteiger partial charge in [-0.05, 0) is 54.3 Å². The van der Waals surface area contributed by atoms with E-state index in [-0.39, 0.29) is 5.82 Å². The fourth-order valence-corrected chi connectivity index (χ4v) is 2.36. The molecule has 2 nitrogen and oxygen atoms in total. The summed E-state index contributed by atoms with van der Waals surface area (Å²) in [6.07, 6.45) is 4.37. The zero-order chi connectivity index (χ0) is 17.5. The van der Waals surface area contributed by atoms with Crippen LogP contribution in [-0.2, 0) is 4.79 Å². The summed E-state index contributed by atoms with van der Waals surface area (Å²) in [5.41, 5.74) is 4.65. The summed E-state index contributed by atoms with van der Waals surface area (Å²) in [6.45, 7) is 3.74. The van der Waals surface area contributed by atoms with Crippen molar-refractivity contribution in [1.29, 1.82) is 0 Å². The maximum absolute atomic E-state index is 13.4. The van der Waals surface area contributed by atoms with Crippen molar-refractivity contribution in [3.8, 4) is 0 Å². The molecule has 0 amide bonds. The third-order valence-corrected chi connectivity index (χ3v) is 3.80. The van der Waals surface area contributed by atoms with E-state index in [4.69, 9.17) is 0 Å². The smallest absolute Gasteiger partial charge is 0.150 e. The Labute approximate surface area is 142 Å². The Morgan fingerprint density at radius 1 is 1.12 bits per heavy atom. The van der Waals surface area contributed by atoms with Crippen LogP contribution in [-0.4, -0.2) is 19.0 Å². The number of nitrogens with zero attached hydrogens (tertiary/aromatic N) is 1. The van der Waals surface area contributed by atoms with E-state index in [1.807, 2.05) is 50.3 Å². The summed E-state index contributed by atoms with van der Waals surface area (Å²) in [4.78, 5) is 15.8. The molecular weight excluding hydrogens is 301 g/mol. The van der Waals surface area contributed by atoms with Gasteiger partial charge in [0.05, 0.1) is 5.71 Å². The van der Waals surface area contributed by atoms with Crippen LogP contribution < -0.4 is 0 Å². The number of carbonyl (C=O) groups excluding carboxylic acids is 1. The molecule has 122 valence electrons. The van der Waals surface area contributed by atoms with Gasteiger partial charge in [-0.15, -0.1) is 0 Å². The SMILES string of the molecule is CN=C(/C=C(C=O)/C(C)=C/c1cc(F)ccc1C)c1ccccc1.